The quantitative estimate of drug-likeness (QED) is 0.0631. The molecule has 20 heteroatoms. The smallest absolute Gasteiger partial charge is 0.408 e. The van der Waals surface area contributed by atoms with Gasteiger partial charge in [-0.15, -0.1) is 0 Å². The van der Waals surface area contributed by atoms with E-state index in [0.29, 0.717) is 0 Å². The summed E-state index contributed by atoms with van der Waals surface area (Å²) in [5.74, 6) is -0.738. The number of amides is 1. The molecule has 0 spiro atoms. The first kappa shape index (κ1) is 39.5. The predicted molar refractivity (Wildman–Crippen MR) is 149 cm³/mol. The van der Waals surface area contributed by atoms with Crippen LogP contribution >= 0.6 is 0 Å². The number of carbonyl (C=O) groups excluding carboxylic acids is 2. The third-order valence-electron chi connectivity index (χ3n) is 8.59. The lowest BCUT2D eigenvalue weighted by molar-refractivity contribution is -0.339. The van der Waals surface area contributed by atoms with Gasteiger partial charge >= 0.3 is 6.09 Å². The maximum Gasteiger partial charge on any atom is 0.408 e. The molecule has 47 heavy (non-hydrogen) atoms. The number of rotatable bonds is 13. The van der Waals surface area contributed by atoms with Crippen molar-refractivity contribution < 1.29 is 94.9 Å². The SMILES string of the molecule is C[C@H]1C[C@@H](OC2C(CO)OC(OC(C(O)C(O)C=O)[C@H](O)CO)[C@H](O)C2O)C(O)[C@@H](O)C1OC(=O)NC1C=C(CO)[C@@H](O)C(O)[C@H]1O. The highest BCUT2D eigenvalue weighted by Crippen LogP contribution is 2.34. The van der Waals surface area contributed by atoms with Gasteiger partial charge in [-0.2, -0.15) is 0 Å². The zero-order valence-electron chi connectivity index (χ0n) is 25.1. The van der Waals surface area contributed by atoms with Gasteiger partial charge in [0.25, 0.3) is 0 Å². The molecule has 14 N–H and O–H groups in total. The Morgan fingerprint density at radius 1 is 0.957 bits per heavy atom. The van der Waals surface area contributed by atoms with Crippen molar-refractivity contribution in [2.24, 2.45) is 5.92 Å². The molecular formula is C27H45NO19. The van der Waals surface area contributed by atoms with E-state index in [-0.39, 0.29) is 18.3 Å². The molecule has 2 aliphatic carbocycles. The minimum atomic E-state index is -2.11. The van der Waals surface area contributed by atoms with Crippen LogP contribution in [0.2, 0.25) is 0 Å². The Balaban J connectivity index is 1.66. The van der Waals surface area contributed by atoms with Crippen molar-refractivity contribution in [3.8, 4) is 0 Å². The van der Waals surface area contributed by atoms with Crippen LogP contribution in [0.25, 0.3) is 0 Å². The van der Waals surface area contributed by atoms with Crippen molar-refractivity contribution in [2.45, 2.75) is 117 Å². The van der Waals surface area contributed by atoms with Crippen molar-refractivity contribution >= 4 is 12.4 Å². The Bertz CT molecular complexity index is 1050. The fourth-order valence-electron chi connectivity index (χ4n) is 5.79. The lowest BCUT2D eigenvalue weighted by Crippen LogP contribution is -2.64. The predicted octanol–water partition coefficient (Wildman–Crippen LogP) is -7.92. The number of aliphatic hydroxyl groups is 13. The molecule has 272 valence electrons. The summed E-state index contributed by atoms with van der Waals surface area (Å²) in [6.07, 6.45) is -28.4. The average molecular weight is 688 g/mol. The molecule has 0 bridgehead atoms. The van der Waals surface area contributed by atoms with Crippen LogP contribution in [0.4, 0.5) is 4.79 Å². The largest absolute Gasteiger partial charge is 0.443 e. The van der Waals surface area contributed by atoms with Crippen LogP contribution in [-0.4, -0.2) is 202 Å². The van der Waals surface area contributed by atoms with Gasteiger partial charge in [0.1, 0.15) is 85.5 Å². The molecule has 3 aliphatic rings. The first-order chi connectivity index (χ1) is 22.1. The second-order valence-corrected chi connectivity index (χ2v) is 11.9. The number of aldehydes is 1. The molecule has 0 aromatic heterocycles. The number of carbonyl (C=O) groups is 2. The molecule has 0 radical (unpaired) electrons. The van der Waals surface area contributed by atoms with Crippen LogP contribution in [0.3, 0.4) is 0 Å². The van der Waals surface area contributed by atoms with Crippen molar-refractivity contribution in [3.05, 3.63) is 11.6 Å². The summed E-state index contributed by atoms with van der Waals surface area (Å²) in [6.45, 7) is -1.05. The molecule has 20 nitrogen and oxygen atoms in total. The molecule has 18 atom stereocenters. The van der Waals surface area contributed by atoms with E-state index in [1.54, 1.807) is 0 Å². The van der Waals surface area contributed by atoms with Gasteiger partial charge in [0, 0.05) is 0 Å². The van der Waals surface area contributed by atoms with E-state index in [9.17, 15) is 76.0 Å². The summed E-state index contributed by atoms with van der Waals surface area (Å²) in [5, 5.41) is 134. The summed E-state index contributed by atoms with van der Waals surface area (Å²) in [5.41, 5.74) is -0.0653. The number of aliphatic hydroxyl groups excluding tert-OH is 13. The average Bonchev–Trinajstić information content (AvgIpc) is 3.06. The summed E-state index contributed by atoms with van der Waals surface area (Å²) in [7, 11) is 0. The van der Waals surface area contributed by atoms with Crippen LogP contribution < -0.4 is 5.32 Å². The highest BCUT2D eigenvalue weighted by Gasteiger charge is 2.52. The Hall–Kier alpha value is -1.96. The Morgan fingerprint density at radius 3 is 2.17 bits per heavy atom. The van der Waals surface area contributed by atoms with E-state index < -0.39 is 136 Å². The summed E-state index contributed by atoms with van der Waals surface area (Å²) < 4.78 is 21.8. The minimum absolute atomic E-state index is 0.0653. The summed E-state index contributed by atoms with van der Waals surface area (Å²) in [4.78, 5) is 23.5. The normalized spacial score (nSPS) is 42.0. The molecule has 0 aromatic carbocycles. The molecule has 2 fully saturated rings. The number of alkyl carbamates (subject to hydrolysis) is 1. The topological polar surface area (TPSA) is 346 Å². The van der Waals surface area contributed by atoms with Gasteiger partial charge in [0.2, 0.25) is 0 Å². The van der Waals surface area contributed by atoms with Gasteiger partial charge in [0.05, 0.1) is 32.0 Å². The number of ether oxygens (including phenoxy) is 4. The molecular weight excluding hydrogens is 642 g/mol. The summed E-state index contributed by atoms with van der Waals surface area (Å²) >= 11 is 0. The maximum atomic E-state index is 12.6. The van der Waals surface area contributed by atoms with Gasteiger partial charge in [-0.05, 0) is 17.9 Å². The van der Waals surface area contributed by atoms with E-state index in [1.807, 2.05) is 0 Å². The summed E-state index contributed by atoms with van der Waals surface area (Å²) in [6, 6.07) is -1.29. The maximum absolute atomic E-state index is 12.6. The Labute approximate surface area is 267 Å². The Morgan fingerprint density at radius 2 is 1.60 bits per heavy atom. The minimum Gasteiger partial charge on any atom is -0.443 e. The zero-order valence-corrected chi connectivity index (χ0v) is 25.1. The third-order valence-corrected chi connectivity index (χ3v) is 8.59. The van der Waals surface area contributed by atoms with E-state index in [2.05, 4.69) is 5.32 Å². The highest BCUT2D eigenvalue weighted by atomic mass is 16.7. The van der Waals surface area contributed by atoms with Crippen molar-refractivity contribution in [1.82, 2.24) is 5.32 Å². The number of hydrogen-bond acceptors (Lipinski definition) is 19. The molecule has 1 amide bonds. The van der Waals surface area contributed by atoms with E-state index >= 15 is 0 Å². The van der Waals surface area contributed by atoms with Gasteiger partial charge in [-0.1, -0.05) is 13.0 Å². The second kappa shape index (κ2) is 17.1. The van der Waals surface area contributed by atoms with Crippen LogP contribution in [0.15, 0.2) is 11.6 Å². The molecule has 1 saturated heterocycles. The van der Waals surface area contributed by atoms with Gasteiger partial charge in [-0.25, -0.2) is 4.79 Å². The van der Waals surface area contributed by atoms with Crippen molar-refractivity contribution in [3.63, 3.8) is 0 Å². The second-order valence-electron chi connectivity index (χ2n) is 11.9. The van der Waals surface area contributed by atoms with E-state index in [0.717, 1.165) is 6.08 Å². The fourth-order valence-corrected chi connectivity index (χ4v) is 5.79. The van der Waals surface area contributed by atoms with E-state index in [1.165, 1.54) is 6.92 Å². The fraction of sp³-hybridized carbons (Fsp3) is 0.852. The highest BCUT2D eigenvalue weighted by molar-refractivity contribution is 5.68. The monoisotopic (exact) mass is 687 g/mol. The van der Waals surface area contributed by atoms with Gasteiger partial charge in [0.15, 0.2) is 12.6 Å². The lowest BCUT2D eigenvalue weighted by Gasteiger charge is -2.47. The number of hydrogen-bond donors (Lipinski definition) is 14. The molecule has 0 aromatic rings. The van der Waals surface area contributed by atoms with Crippen LogP contribution in [0, 0.1) is 5.92 Å². The van der Waals surface area contributed by atoms with Gasteiger partial charge in [-0.3, -0.25) is 0 Å². The standard InChI is InChI=1S/C27H45NO19/c1-8-2-13(18(38)20(40)23(8)47-27(43)28-10-3-9(4-29)15(35)19(39)16(10)36)44-25-14(7-32)45-26(22(42)21(25)41)46-24(12(34)6-31)17(37)11(33)5-30/h3,5,8,10-26,29,31-42H,2,4,6-7H2,1H3,(H,28,43)/t8-,10?,11?,12+,13+,14?,15+,16-,17?,18?,19?,20+,21?,22+,23?,24?,25?,26?/m0/s1. The molecule has 1 heterocycles. The third kappa shape index (κ3) is 8.80. The van der Waals surface area contributed by atoms with Crippen molar-refractivity contribution in [1.29, 1.82) is 0 Å². The van der Waals surface area contributed by atoms with Crippen LogP contribution in [0.5, 0.6) is 0 Å². The molecule has 3 rings (SSSR count). The van der Waals surface area contributed by atoms with Crippen molar-refractivity contribution in [2.75, 3.05) is 19.8 Å². The molecule has 11 unspecified atom stereocenters. The van der Waals surface area contributed by atoms with Crippen LogP contribution in [-0.2, 0) is 23.7 Å². The first-order valence-corrected chi connectivity index (χ1v) is 14.8. The molecule has 1 aliphatic heterocycles. The van der Waals surface area contributed by atoms with E-state index in [4.69, 9.17) is 18.9 Å². The molecule has 1 saturated carbocycles. The zero-order chi connectivity index (χ0) is 35.3. The number of nitrogens with one attached hydrogen (secondary N) is 1. The van der Waals surface area contributed by atoms with Crippen LogP contribution in [0.1, 0.15) is 13.3 Å². The lowest BCUT2D eigenvalue weighted by atomic mass is 9.81. The first-order valence-electron chi connectivity index (χ1n) is 14.8. The Kier molecular flexibility index (Phi) is 14.4. The van der Waals surface area contributed by atoms with Gasteiger partial charge < -0.3 is 95.4 Å².